The molecular formula is C20H12ClFN4O2. The lowest BCUT2D eigenvalue weighted by molar-refractivity contribution is 0.420. The number of benzene rings is 2. The smallest absolute Gasteiger partial charge is 0.329 e. The summed E-state index contributed by atoms with van der Waals surface area (Å²) in [6.45, 7) is 0.0920. The summed E-state index contributed by atoms with van der Waals surface area (Å²) in [5.41, 5.74) is 1.97. The molecule has 1 aromatic heterocycles. The molecule has 6 nitrogen and oxygen atoms in total. The van der Waals surface area contributed by atoms with Gasteiger partial charge in [-0.05, 0) is 29.8 Å². The molecule has 2 N–H and O–H groups in total. The van der Waals surface area contributed by atoms with Crippen LogP contribution in [0.4, 0.5) is 10.1 Å². The van der Waals surface area contributed by atoms with Crippen LogP contribution < -0.4 is 5.69 Å². The lowest BCUT2D eigenvalue weighted by Crippen LogP contribution is -2.17. The number of fused-ring (bicyclic) bond motifs is 1. The van der Waals surface area contributed by atoms with Crippen LogP contribution in [0.25, 0.3) is 11.6 Å². The number of aromatic amines is 1. The van der Waals surface area contributed by atoms with Crippen LogP contribution >= 0.6 is 11.6 Å². The molecule has 0 saturated heterocycles. The molecule has 0 saturated carbocycles. The summed E-state index contributed by atoms with van der Waals surface area (Å²) >= 11 is 5.77. The van der Waals surface area contributed by atoms with Crippen molar-refractivity contribution in [1.29, 1.82) is 5.26 Å². The lowest BCUT2D eigenvalue weighted by atomic mass is 10.1. The van der Waals surface area contributed by atoms with Gasteiger partial charge in [-0.3, -0.25) is 9.56 Å². The van der Waals surface area contributed by atoms with Crippen molar-refractivity contribution in [3.05, 3.63) is 80.1 Å². The van der Waals surface area contributed by atoms with Crippen molar-refractivity contribution in [2.24, 2.45) is 4.99 Å². The molecule has 2 heterocycles. The van der Waals surface area contributed by atoms with Crippen molar-refractivity contribution in [2.75, 3.05) is 0 Å². The summed E-state index contributed by atoms with van der Waals surface area (Å²) in [5, 5.41) is 19.4. The second kappa shape index (κ2) is 6.83. The Labute approximate surface area is 163 Å². The molecule has 0 radical (unpaired) electrons. The highest BCUT2D eigenvalue weighted by Gasteiger charge is 2.20. The molecule has 1 aliphatic rings. The number of allylic oxidation sites excluding steroid dienone is 1. The average Bonchev–Trinajstić information content (AvgIpc) is 3.22. The summed E-state index contributed by atoms with van der Waals surface area (Å²) in [7, 11) is 0. The Morgan fingerprint density at radius 3 is 2.96 bits per heavy atom. The van der Waals surface area contributed by atoms with Gasteiger partial charge in [0.05, 0.1) is 23.2 Å². The highest BCUT2D eigenvalue weighted by Crippen LogP contribution is 2.38. The zero-order valence-corrected chi connectivity index (χ0v) is 15.0. The van der Waals surface area contributed by atoms with E-state index in [1.54, 1.807) is 30.3 Å². The Morgan fingerprint density at radius 2 is 2.18 bits per heavy atom. The summed E-state index contributed by atoms with van der Waals surface area (Å²) in [4.78, 5) is 18.9. The van der Waals surface area contributed by atoms with E-state index in [4.69, 9.17) is 16.9 Å². The third-order valence-corrected chi connectivity index (χ3v) is 4.68. The Bertz CT molecular complexity index is 1260. The predicted octanol–water partition coefficient (Wildman–Crippen LogP) is 3.85. The number of aromatic hydroxyl groups is 1. The van der Waals surface area contributed by atoms with Crippen molar-refractivity contribution in [3.8, 4) is 11.9 Å². The summed E-state index contributed by atoms with van der Waals surface area (Å²) in [6, 6.07) is 11.8. The number of imidazole rings is 1. The number of hydrogen-bond acceptors (Lipinski definition) is 4. The number of halogens is 2. The monoisotopic (exact) mass is 394 g/mol. The standard InChI is InChI=1S/C20H12ClFN4O2/c21-15-5-4-14-13(9-24-18(14)17(15)22)7-16-19(27)26(20(28)25-16)10-12-3-1-2-11(6-12)8-23/h1-7,9,27H,10H2,(H,25,28). The highest BCUT2D eigenvalue weighted by molar-refractivity contribution is 6.31. The summed E-state index contributed by atoms with van der Waals surface area (Å²) in [5.74, 6) is -0.886. The fourth-order valence-corrected chi connectivity index (χ4v) is 3.18. The molecule has 0 fully saturated rings. The van der Waals surface area contributed by atoms with Crippen LogP contribution in [0.2, 0.25) is 5.02 Å². The first kappa shape index (κ1) is 17.8. The summed E-state index contributed by atoms with van der Waals surface area (Å²) in [6.07, 6.45) is 2.96. The van der Waals surface area contributed by atoms with Crippen LogP contribution in [0.15, 0.2) is 46.2 Å². The molecule has 138 valence electrons. The number of aliphatic imine (C=N–C) groups is 1. The molecule has 0 unspecified atom stereocenters. The molecule has 4 rings (SSSR count). The van der Waals surface area contributed by atoms with E-state index in [1.807, 2.05) is 6.07 Å². The molecule has 0 amide bonds. The van der Waals surface area contributed by atoms with Gasteiger partial charge in [0, 0.05) is 17.4 Å². The van der Waals surface area contributed by atoms with E-state index < -0.39 is 11.5 Å². The van der Waals surface area contributed by atoms with Gasteiger partial charge in [0.2, 0.25) is 5.88 Å². The Balaban J connectivity index is 1.71. The molecule has 0 bridgehead atoms. The number of nitrogens with zero attached hydrogens (tertiary/aromatic N) is 3. The van der Waals surface area contributed by atoms with Gasteiger partial charge in [-0.1, -0.05) is 29.8 Å². The zero-order valence-electron chi connectivity index (χ0n) is 14.3. The third-order valence-electron chi connectivity index (χ3n) is 4.39. The third kappa shape index (κ3) is 3.00. The van der Waals surface area contributed by atoms with Crippen LogP contribution in [0.5, 0.6) is 5.88 Å². The van der Waals surface area contributed by atoms with Crippen molar-refractivity contribution >= 4 is 35.2 Å². The van der Waals surface area contributed by atoms with Crippen molar-refractivity contribution < 1.29 is 9.50 Å². The van der Waals surface area contributed by atoms with Gasteiger partial charge in [-0.2, -0.15) is 5.26 Å². The number of nitrogens with one attached hydrogen (secondary N) is 1. The molecule has 0 aliphatic carbocycles. The first-order valence-electron chi connectivity index (χ1n) is 8.23. The molecule has 2 aromatic carbocycles. The van der Waals surface area contributed by atoms with Crippen molar-refractivity contribution in [3.63, 3.8) is 0 Å². The maximum absolute atomic E-state index is 14.1. The molecule has 0 atom stereocenters. The van der Waals surface area contributed by atoms with Crippen molar-refractivity contribution in [1.82, 2.24) is 9.55 Å². The first-order chi connectivity index (χ1) is 13.5. The fourth-order valence-electron chi connectivity index (χ4n) is 3.02. The quantitative estimate of drug-likeness (QED) is 0.706. The van der Waals surface area contributed by atoms with Gasteiger partial charge in [0.25, 0.3) is 0 Å². The maximum Gasteiger partial charge on any atom is 0.329 e. The van der Waals surface area contributed by atoms with Gasteiger partial charge in [-0.25, -0.2) is 9.18 Å². The summed E-state index contributed by atoms with van der Waals surface area (Å²) < 4.78 is 15.2. The van der Waals surface area contributed by atoms with Crippen LogP contribution in [-0.2, 0) is 6.54 Å². The highest BCUT2D eigenvalue weighted by atomic mass is 35.5. The van der Waals surface area contributed by atoms with Crippen molar-refractivity contribution in [2.45, 2.75) is 6.54 Å². The number of hydrogen-bond donors (Lipinski definition) is 2. The van der Waals surface area contributed by atoms with E-state index >= 15 is 0 Å². The molecular weight excluding hydrogens is 383 g/mol. The van der Waals surface area contributed by atoms with E-state index in [1.165, 1.54) is 18.4 Å². The molecule has 8 heteroatoms. The van der Waals surface area contributed by atoms with E-state index in [0.29, 0.717) is 22.3 Å². The number of H-pyrrole nitrogens is 1. The minimum atomic E-state index is -0.619. The number of aromatic nitrogens is 2. The molecule has 1 aliphatic heterocycles. The van der Waals surface area contributed by atoms with Gasteiger partial charge in [0.1, 0.15) is 11.4 Å². The topological polar surface area (TPSA) is 94.2 Å². The second-order valence-electron chi connectivity index (χ2n) is 6.18. The van der Waals surface area contributed by atoms with Gasteiger partial charge < -0.3 is 10.1 Å². The SMILES string of the molecule is N#Cc1cccc(Cn2c(O)c(C=C3C=Nc4c3ccc(Cl)c4F)[nH]c2=O)c1. The van der Waals surface area contributed by atoms with Gasteiger partial charge in [0.15, 0.2) is 5.82 Å². The average molecular weight is 395 g/mol. The van der Waals surface area contributed by atoms with Gasteiger partial charge in [-0.15, -0.1) is 0 Å². The number of rotatable bonds is 3. The fraction of sp³-hybridized carbons (Fsp3) is 0.0500. The largest absolute Gasteiger partial charge is 0.493 e. The van der Waals surface area contributed by atoms with Gasteiger partial charge >= 0.3 is 5.69 Å². The van der Waals surface area contributed by atoms with Crippen LogP contribution in [0.3, 0.4) is 0 Å². The van der Waals surface area contributed by atoms with E-state index in [-0.39, 0.29) is 28.8 Å². The Kier molecular flexibility index (Phi) is 4.34. The first-order valence-corrected chi connectivity index (χ1v) is 8.60. The van der Waals surface area contributed by atoms with E-state index in [9.17, 15) is 14.3 Å². The normalized spacial score (nSPS) is 13.7. The maximum atomic E-state index is 14.1. The minimum absolute atomic E-state index is 0.0286. The molecule has 28 heavy (non-hydrogen) atoms. The number of nitriles is 1. The van der Waals surface area contributed by atoms with Crippen LogP contribution in [0, 0.1) is 17.1 Å². The minimum Gasteiger partial charge on any atom is -0.493 e. The predicted molar refractivity (Wildman–Crippen MR) is 104 cm³/mol. The van der Waals surface area contributed by atoms with E-state index in [0.717, 1.165) is 4.57 Å². The molecule has 3 aromatic rings. The Morgan fingerprint density at radius 1 is 1.36 bits per heavy atom. The molecule has 0 spiro atoms. The second-order valence-corrected chi connectivity index (χ2v) is 6.59. The van der Waals surface area contributed by atoms with E-state index in [2.05, 4.69) is 9.98 Å². The van der Waals surface area contributed by atoms with Crippen LogP contribution in [0.1, 0.15) is 22.4 Å². The zero-order chi connectivity index (χ0) is 19.8. The van der Waals surface area contributed by atoms with Crippen LogP contribution in [-0.4, -0.2) is 20.9 Å². The Hall–Kier alpha value is -3.63. The lowest BCUT2D eigenvalue weighted by Gasteiger charge is -2.04.